The number of rotatable bonds is 16. The summed E-state index contributed by atoms with van der Waals surface area (Å²) >= 11 is 0. The van der Waals surface area contributed by atoms with Crippen LogP contribution in [0.25, 0.3) is 0 Å². The van der Waals surface area contributed by atoms with E-state index in [0.717, 1.165) is 31.4 Å². The van der Waals surface area contributed by atoms with Crippen molar-refractivity contribution in [2.75, 3.05) is 20.6 Å². The van der Waals surface area contributed by atoms with Crippen LogP contribution in [0, 0.1) is 58.7 Å². The fourth-order valence-electron chi connectivity index (χ4n) is 12.1. The molecule has 4 N–H and O–H groups in total. The van der Waals surface area contributed by atoms with Gasteiger partial charge in [0.25, 0.3) is 0 Å². The number of carbonyl (C=O) groups is 5. The highest BCUT2D eigenvalue weighted by molar-refractivity contribution is 5.96. The van der Waals surface area contributed by atoms with Crippen LogP contribution in [0.5, 0.6) is 0 Å². The van der Waals surface area contributed by atoms with E-state index in [1.54, 1.807) is 18.9 Å². The van der Waals surface area contributed by atoms with Crippen LogP contribution in [0.4, 0.5) is 0 Å². The molecule has 1 aromatic carbocycles. The van der Waals surface area contributed by atoms with Gasteiger partial charge in [-0.25, -0.2) is 0 Å². The first-order valence-corrected chi connectivity index (χ1v) is 19.4. The lowest BCUT2D eigenvalue weighted by Crippen LogP contribution is -3.16. The second-order valence-electron chi connectivity index (χ2n) is 17.3. The van der Waals surface area contributed by atoms with Gasteiger partial charge in [0.15, 0.2) is 0 Å². The Morgan fingerprint density at radius 2 is 1.57 bits per heavy atom. The summed E-state index contributed by atoms with van der Waals surface area (Å²) in [5.74, 6) is -0.508. The Hall–Kier alpha value is -3.47. The van der Waals surface area contributed by atoms with Crippen LogP contribution in [0.15, 0.2) is 30.3 Å². The number of aliphatic carboxylic acids is 1. The molecule has 51 heavy (non-hydrogen) atoms. The van der Waals surface area contributed by atoms with Gasteiger partial charge >= 0.3 is 5.97 Å². The summed E-state index contributed by atoms with van der Waals surface area (Å²) in [5, 5.41) is 19.4. The number of likely N-dealkylation sites (N-methyl/N-ethyl adjacent to an activating group) is 2. The van der Waals surface area contributed by atoms with Gasteiger partial charge in [-0.3, -0.25) is 28.9 Å². The summed E-state index contributed by atoms with van der Waals surface area (Å²) in [6, 6.07) is 7.94. The molecule has 0 radical (unpaired) electrons. The summed E-state index contributed by atoms with van der Waals surface area (Å²) in [7, 11) is 3.65. The van der Waals surface area contributed by atoms with Crippen molar-refractivity contribution in [1.29, 1.82) is 0 Å². The number of hydrogen-bond donors (Lipinski definition) is 4. The van der Waals surface area contributed by atoms with E-state index in [1.165, 1.54) is 0 Å². The molecule has 11 nitrogen and oxygen atoms in total. The highest BCUT2D eigenvalue weighted by Gasteiger charge is 3.12. The minimum atomic E-state index is -0.865. The summed E-state index contributed by atoms with van der Waals surface area (Å²) in [6.45, 7) is 10.4. The number of carbonyl (C=O) groups excluding carboxylic acids is 4. The Bertz CT molecular complexity index is 1530. The molecule has 1 heterocycles. The highest BCUT2D eigenvalue weighted by Crippen LogP contribution is 3.07. The van der Waals surface area contributed by atoms with Crippen LogP contribution >= 0.6 is 0 Å². The van der Waals surface area contributed by atoms with Crippen LogP contribution in [0.1, 0.15) is 72.3 Å². The van der Waals surface area contributed by atoms with Crippen molar-refractivity contribution in [3.05, 3.63) is 35.9 Å². The Kier molecular flexibility index (Phi) is 9.07. The number of carboxylic acids is 1. The van der Waals surface area contributed by atoms with Crippen LogP contribution < -0.4 is 16.0 Å². The number of hydrogen-bond acceptors (Lipinski definition) is 6. The third-order valence-electron chi connectivity index (χ3n) is 14.6. The van der Waals surface area contributed by atoms with Crippen LogP contribution in [0.2, 0.25) is 0 Å². The van der Waals surface area contributed by atoms with Gasteiger partial charge in [-0.15, -0.1) is 0 Å². The molecular formula is C40H57N5O6. The lowest BCUT2D eigenvalue weighted by atomic mass is 8.94. The van der Waals surface area contributed by atoms with E-state index in [0.29, 0.717) is 19.3 Å². The standard InChI is InChI=1S/C40H57N5O6/c1-8-21(4)32(42-34(46)25-16-12-13-17-44(25)6)36(48)45(7)33(20(2)3)35(47)43-40-29-26-30(40)28-31(40)27(29)39(26,28)38(51)41-24(18-22(5)37(49)50)19-23-14-10-9-11-15-23/h9-11,14-15,20-22,24-33H,8,12-13,16-19H2,1-7H3,(H,41,51)(H,42,46)(H,43,47)(H,49,50)/t21-,22-,24+,25+,26?,27?,28?,29?,30?,31?,32-,33-,39?,40?/m0/s1. The van der Waals surface area contributed by atoms with Gasteiger partial charge < -0.3 is 26.0 Å². The quantitative estimate of drug-likeness (QED) is 0.207. The molecule has 278 valence electrons. The second-order valence-corrected chi connectivity index (χ2v) is 17.3. The molecule has 4 amide bonds. The SMILES string of the molecule is CC[C@H](C)[C@H](NC(=O)[C@H]1CCCCN1C)C(=O)N(C)[C@H](C(=O)NC12C3C4C1C1C2C3C41C(=O)N[C@@H](Cc1ccccc1)C[C@H](C)C(=O)O)C(C)C. The van der Waals surface area contributed by atoms with Gasteiger partial charge in [0, 0.05) is 13.1 Å². The zero-order valence-corrected chi connectivity index (χ0v) is 31.2. The maximum absolute atomic E-state index is 14.2. The van der Waals surface area contributed by atoms with Crippen LogP contribution in [0.3, 0.4) is 0 Å². The average molecular weight is 704 g/mol. The predicted molar refractivity (Wildman–Crippen MR) is 191 cm³/mol. The molecule has 0 bridgehead atoms. The lowest BCUT2D eigenvalue weighted by molar-refractivity contribution is -0.607. The largest absolute Gasteiger partial charge is 0.481 e. The number of carboxylic acid groups (broad SMARTS) is 1. The van der Waals surface area contributed by atoms with E-state index in [9.17, 15) is 29.1 Å². The lowest BCUT2D eigenvalue weighted by Gasteiger charge is -3.10. The van der Waals surface area contributed by atoms with E-state index in [2.05, 4.69) is 20.9 Å². The van der Waals surface area contributed by atoms with E-state index in [-0.39, 0.29) is 94.0 Å². The first-order chi connectivity index (χ1) is 24.2. The van der Waals surface area contributed by atoms with Crippen molar-refractivity contribution in [3.8, 4) is 0 Å². The van der Waals surface area contributed by atoms with Gasteiger partial charge in [-0.2, -0.15) is 0 Å². The summed E-state index contributed by atoms with van der Waals surface area (Å²) in [4.78, 5) is 71.0. The van der Waals surface area contributed by atoms with E-state index in [1.807, 2.05) is 65.1 Å². The molecule has 11 heteroatoms. The van der Waals surface area contributed by atoms with Crippen molar-refractivity contribution < 1.29 is 29.1 Å². The normalized spacial score (nSPS) is 36.2. The molecule has 1 saturated heterocycles. The van der Waals surface area contributed by atoms with Crippen molar-refractivity contribution in [2.45, 2.75) is 103 Å². The molecule has 7 fully saturated rings. The van der Waals surface area contributed by atoms with Gasteiger partial charge in [-0.05, 0) is 92.2 Å². The van der Waals surface area contributed by atoms with Crippen molar-refractivity contribution in [2.24, 2.45) is 58.7 Å². The van der Waals surface area contributed by atoms with E-state index < -0.39 is 24.0 Å². The molecule has 6 saturated carbocycles. The van der Waals surface area contributed by atoms with Gasteiger partial charge in [-0.1, -0.05) is 77.8 Å². The molecular weight excluding hydrogens is 646 g/mol. The van der Waals surface area contributed by atoms with E-state index in [4.69, 9.17) is 0 Å². The number of likely N-dealkylation sites (tertiary alicyclic amines) is 1. The zero-order chi connectivity index (χ0) is 36.7. The predicted octanol–water partition coefficient (Wildman–Crippen LogP) is 2.93. The maximum Gasteiger partial charge on any atom is 0.306 e. The Morgan fingerprint density at radius 1 is 0.941 bits per heavy atom. The molecule has 0 unspecified atom stereocenters. The zero-order valence-electron chi connectivity index (χ0n) is 31.2. The molecule has 1 aromatic rings. The number of piperidine rings is 1. The molecule has 8 rings (SSSR count). The molecule has 7 aliphatic rings. The number of amides is 4. The van der Waals surface area contributed by atoms with Crippen LogP contribution in [-0.2, 0) is 30.4 Å². The van der Waals surface area contributed by atoms with Gasteiger partial charge in [0.2, 0.25) is 23.6 Å². The number of nitrogens with one attached hydrogen (secondary N) is 3. The number of benzene rings is 1. The molecule has 0 spiro atoms. The topological polar surface area (TPSA) is 148 Å². The Morgan fingerprint density at radius 3 is 2.12 bits per heavy atom. The summed E-state index contributed by atoms with van der Waals surface area (Å²) < 4.78 is 0. The first kappa shape index (κ1) is 35.9. The third kappa shape index (κ3) is 4.95. The minimum absolute atomic E-state index is 0.0623. The second kappa shape index (κ2) is 12.9. The first-order valence-electron chi connectivity index (χ1n) is 19.4. The molecule has 6 atom stereocenters. The van der Waals surface area contributed by atoms with Crippen molar-refractivity contribution in [1.82, 2.24) is 25.8 Å². The average Bonchev–Trinajstić information content (AvgIpc) is 3.10. The fourth-order valence-corrected chi connectivity index (χ4v) is 12.1. The van der Waals surface area contributed by atoms with E-state index >= 15 is 0 Å². The Balaban J connectivity index is 0.994. The third-order valence-corrected chi connectivity index (χ3v) is 14.6. The maximum atomic E-state index is 14.2. The molecule has 1 aliphatic heterocycles. The Labute approximate surface area is 302 Å². The molecule has 6 aliphatic carbocycles. The van der Waals surface area contributed by atoms with Gasteiger partial charge in [0.05, 0.1) is 22.9 Å². The molecule has 0 aromatic heterocycles. The highest BCUT2D eigenvalue weighted by atomic mass is 16.4. The van der Waals surface area contributed by atoms with Gasteiger partial charge in [0.1, 0.15) is 12.1 Å². The van der Waals surface area contributed by atoms with Crippen molar-refractivity contribution >= 4 is 29.6 Å². The summed E-state index contributed by atoms with van der Waals surface area (Å²) in [6.07, 6.45) is 4.48. The van der Waals surface area contributed by atoms with Crippen LogP contribution in [-0.4, -0.2) is 94.9 Å². The summed E-state index contributed by atoms with van der Waals surface area (Å²) in [5.41, 5.74) is 0.425. The smallest absolute Gasteiger partial charge is 0.306 e. The van der Waals surface area contributed by atoms with Crippen molar-refractivity contribution in [3.63, 3.8) is 0 Å². The fraction of sp³-hybridized carbons (Fsp3) is 0.725. The minimum Gasteiger partial charge on any atom is -0.481 e. The number of nitrogens with zero attached hydrogens (tertiary/aromatic N) is 2. The monoisotopic (exact) mass is 703 g/mol.